The van der Waals surface area contributed by atoms with Crippen LogP contribution in [0.4, 0.5) is 0 Å². The van der Waals surface area contributed by atoms with Crippen molar-refractivity contribution >= 4 is 23.6 Å². The first-order chi connectivity index (χ1) is 10.6. The molecule has 1 aromatic carbocycles. The van der Waals surface area contributed by atoms with Crippen molar-refractivity contribution in [2.24, 2.45) is 0 Å². The number of hydrogen-bond donors (Lipinski definition) is 1. The second kappa shape index (κ2) is 8.22. The summed E-state index contributed by atoms with van der Waals surface area (Å²) < 4.78 is 0. The summed E-state index contributed by atoms with van der Waals surface area (Å²) in [5.41, 5.74) is 2.58. The Bertz CT molecular complexity index is 516. The van der Waals surface area contributed by atoms with Gasteiger partial charge in [-0.25, -0.2) is 0 Å². The number of carbonyl (C=O) groups is 2. The summed E-state index contributed by atoms with van der Waals surface area (Å²) in [4.78, 5) is 25.3. The standard InChI is InChI=1S/C17H24N2O2S/c1-13-5-7-15(8-6-13)12-22-11-9-18-17(21)16-4-3-10-19(16)14(2)20/h5-8,16H,3-4,9-12H2,1-2H3,(H,18,21). The van der Waals surface area contributed by atoms with Gasteiger partial charge in [0.2, 0.25) is 11.8 Å². The van der Waals surface area contributed by atoms with E-state index in [9.17, 15) is 9.59 Å². The van der Waals surface area contributed by atoms with Gasteiger partial charge in [-0.3, -0.25) is 9.59 Å². The summed E-state index contributed by atoms with van der Waals surface area (Å²) in [7, 11) is 0. The smallest absolute Gasteiger partial charge is 0.242 e. The lowest BCUT2D eigenvalue weighted by Crippen LogP contribution is -2.45. The Morgan fingerprint density at radius 2 is 2.05 bits per heavy atom. The van der Waals surface area contributed by atoms with Gasteiger partial charge < -0.3 is 10.2 Å². The fraction of sp³-hybridized carbons (Fsp3) is 0.529. The molecule has 1 N–H and O–H groups in total. The molecule has 5 heteroatoms. The van der Waals surface area contributed by atoms with Gasteiger partial charge in [0.1, 0.15) is 6.04 Å². The molecule has 1 saturated heterocycles. The van der Waals surface area contributed by atoms with Crippen molar-refractivity contribution in [2.75, 3.05) is 18.8 Å². The molecule has 1 unspecified atom stereocenters. The van der Waals surface area contributed by atoms with Crippen molar-refractivity contribution in [3.8, 4) is 0 Å². The maximum atomic E-state index is 12.1. The van der Waals surface area contributed by atoms with Crippen LogP contribution < -0.4 is 5.32 Å². The van der Waals surface area contributed by atoms with Crippen molar-refractivity contribution < 1.29 is 9.59 Å². The highest BCUT2D eigenvalue weighted by molar-refractivity contribution is 7.98. The summed E-state index contributed by atoms with van der Waals surface area (Å²) in [6, 6.07) is 8.26. The van der Waals surface area contributed by atoms with Crippen molar-refractivity contribution in [2.45, 2.75) is 38.5 Å². The van der Waals surface area contributed by atoms with Gasteiger partial charge in [0.15, 0.2) is 0 Å². The van der Waals surface area contributed by atoms with E-state index in [1.165, 1.54) is 18.1 Å². The van der Waals surface area contributed by atoms with E-state index in [-0.39, 0.29) is 17.9 Å². The average Bonchev–Trinajstić information content (AvgIpc) is 2.98. The molecule has 120 valence electrons. The van der Waals surface area contributed by atoms with Crippen molar-refractivity contribution in [1.29, 1.82) is 0 Å². The van der Waals surface area contributed by atoms with Crippen LogP contribution in [0.2, 0.25) is 0 Å². The second-order valence-electron chi connectivity index (χ2n) is 5.70. The fourth-order valence-electron chi connectivity index (χ4n) is 2.65. The molecule has 1 atom stereocenters. The Labute approximate surface area is 136 Å². The summed E-state index contributed by atoms with van der Waals surface area (Å²) in [6.07, 6.45) is 1.70. The molecule has 22 heavy (non-hydrogen) atoms. The van der Waals surface area contributed by atoms with E-state index in [0.717, 1.165) is 24.3 Å². The number of thioether (sulfide) groups is 1. The van der Waals surface area contributed by atoms with Gasteiger partial charge in [0.05, 0.1) is 0 Å². The number of hydrogen-bond acceptors (Lipinski definition) is 3. The molecule has 0 bridgehead atoms. The minimum Gasteiger partial charge on any atom is -0.353 e. The zero-order valence-electron chi connectivity index (χ0n) is 13.3. The number of aryl methyl sites for hydroxylation is 1. The Hall–Kier alpha value is -1.49. The molecule has 4 nitrogen and oxygen atoms in total. The molecule has 2 amide bonds. The summed E-state index contributed by atoms with van der Waals surface area (Å²) >= 11 is 1.81. The van der Waals surface area contributed by atoms with E-state index in [4.69, 9.17) is 0 Å². The summed E-state index contributed by atoms with van der Waals surface area (Å²) in [5.74, 6) is 1.82. The Balaban J connectivity index is 1.65. The minimum absolute atomic E-state index is 0.00797. The third kappa shape index (κ3) is 4.77. The topological polar surface area (TPSA) is 49.4 Å². The highest BCUT2D eigenvalue weighted by atomic mass is 32.2. The lowest BCUT2D eigenvalue weighted by Gasteiger charge is -2.22. The van der Waals surface area contributed by atoms with Crippen LogP contribution in [0.3, 0.4) is 0 Å². The van der Waals surface area contributed by atoms with Crippen molar-refractivity contribution in [3.05, 3.63) is 35.4 Å². The number of carbonyl (C=O) groups excluding carboxylic acids is 2. The number of rotatable bonds is 6. The molecule has 0 aromatic heterocycles. The summed E-state index contributed by atoms with van der Waals surface area (Å²) in [6.45, 7) is 4.97. The van der Waals surface area contributed by atoms with E-state index in [2.05, 4.69) is 36.5 Å². The maximum Gasteiger partial charge on any atom is 0.242 e. The molecule has 1 aliphatic heterocycles. The van der Waals surface area contributed by atoms with Crippen LogP contribution >= 0.6 is 11.8 Å². The number of nitrogens with one attached hydrogen (secondary N) is 1. The van der Waals surface area contributed by atoms with Gasteiger partial charge >= 0.3 is 0 Å². The average molecular weight is 320 g/mol. The summed E-state index contributed by atoms with van der Waals surface area (Å²) in [5, 5.41) is 2.95. The van der Waals surface area contributed by atoms with E-state index in [0.29, 0.717) is 13.1 Å². The Morgan fingerprint density at radius 3 is 2.73 bits per heavy atom. The van der Waals surface area contributed by atoms with Crippen LogP contribution in [-0.2, 0) is 15.3 Å². The molecule has 0 spiro atoms. The van der Waals surface area contributed by atoms with Crippen molar-refractivity contribution in [3.63, 3.8) is 0 Å². The van der Waals surface area contributed by atoms with Crippen LogP contribution in [0, 0.1) is 6.92 Å². The first-order valence-electron chi connectivity index (χ1n) is 7.76. The van der Waals surface area contributed by atoms with E-state index in [1.807, 2.05) is 11.8 Å². The molecule has 0 radical (unpaired) electrons. The molecule has 1 aromatic rings. The van der Waals surface area contributed by atoms with Crippen LogP contribution in [0.5, 0.6) is 0 Å². The first kappa shape index (κ1) is 16.9. The van der Waals surface area contributed by atoms with Crippen molar-refractivity contribution in [1.82, 2.24) is 10.2 Å². The zero-order valence-corrected chi connectivity index (χ0v) is 14.1. The Morgan fingerprint density at radius 1 is 1.32 bits per heavy atom. The number of nitrogens with zero attached hydrogens (tertiary/aromatic N) is 1. The van der Waals surface area contributed by atoms with Crippen LogP contribution in [0.15, 0.2) is 24.3 Å². The lowest BCUT2D eigenvalue weighted by molar-refractivity contribution is -0.136. The van der Waals surface area contributed by atoms with Crippen LogP contribution in [0.1, 0.15) is 30.9 Å². The minimum atomic E-state index is -0.264. The highest BCUT2D eigenvalue weighted by Gasteiger charge is 2.31. The zero-order chi connectivity index (χ0) is 15.9. The molecular formula is C17H24N2O2S. The Kier molecular flexibility index (Phi) is 6.31. The van der Waals surface area contributed by atoms with Gasteiger partial charge in [-0.15, -0.1) is 0 Å². The molecule has 1 fully saturated rings. The van der Waals surface area contributed by atoms with E-state index < -0.39 is 0 Å². The van der Waals surface area contributed by atoms with E-state index >= 15 is 0 Å². The molecule has 1 heterocycles. The SMILES string of the molecule is CC(=O)N1CCCC1C(=O)NCCSCc1ccc(C)cc1. The van der Waals surface area contributed by atoms with Gasteiger partial charge in [0.25, 0.3) is 0 Å². The maximum absolute atomic E-state index is 12.1. The predicted octanol–water partition coefficient (Wildman–Crippen LogP) is 2.36. The van der Waals surface area contributed by atoms with Gasteiger partial charge in [-0.1, -0.05) is 29.8 Å². The number of likely N-dealkylation sites (tertiary alicyclic amines) is 1. The highest BCUT2D eigenvalue weighted by Crippen LogP contribution is 2.17. The third-order valence-corrected chi connectivity index (χ3v) is 4.93. The van der Waals surface area contributed by atoms with Gasteiger partial charge in [-0.05, 0) is 25.3 Å². The van der Waals surface area contributed by atoms with E-state index in [1.54, 1.807) is 4.90 Å². The predicted molar refractivity (Wildman–Crippen MR) is 90.8 cm³/mol. The third-order valence-electron chi connectivity index (χ3n) is 3.89. The normalized spacial score (nSPS) is 17.5. The molecular weight excluding hydrogens is 296 g/mol. The van der Waals surface area contributed by atoms with Crippen LogP contribution in [-0.4, -0.2) is 41.6 Å². The molecule has 0 aliphatic carbocycles. The molecule has 2 rings (SSSR count). The van der Waals surface area contributed by atoms with Gasteiger partial charge in [-0.2, -0.15) is 11.8 Å². The second-order valence-corrected chi connectivity index (χ2v) is 6.80. The number of amides is 2. The molecule has 1 aliphatic rings. The van der Waals surface area contributed by atoms with Crippen LogP contribution in [0.25, 0.3) is 0 Å². The number of benzene rings is 1. The first-order valence-corrected chi connectivity index (χ1v) is 8.91. The van der Waals surface area contributed by atoms with Gasteiger partial charge in [0, 0.05) is 31.5 Å². The quantitative estimate of drug-likeness (QED) is 0.819. The monoisotopic (exact) mass is 320 g/mol. The lowest BCUT2D eigenvalue weighted by atomic mass is 10.2. The molecule has 0 saturated carbocycles. The largest absolute Gasteiger partial charge is 0.353 e. The fourth-order valence-corrected chi connectivity index (χ4v) is 3.47.